The molecular weight excluding hydrogens is 320 g/mol. The first-order valence-electron chi connectivity index (χ1n) is 7.49. The summed E-state index contributed by atoms with van der Waals surface area (Å²) in [6.07, 6.45) is 2.61. The SMILES string of the molecule is CCNC(=NCCc1nccs1)N1CCS(=O)(=O)C(C)(C)C1. The lowest BCUT2D eigenvalue weighted by Crippen LogP contribution is -2.57. The zero-order valence-electron chi connectivity index (χ0n) is 13.4. The van der Waals surface area contributed by atoms with E-state index in [2.05, 4.69) is 15.3 Å². The molecule has 1 aliphatic rings. The summed E-state index contributed by atoms with van der Waals surface area (Å²) < 4.78 is 23.5. The molecule has 1 saturated heterocycles. The van der Waals surface area contributed by atoms with Crippen LogP contribution in [0.25, 0.3) is 0 Å². The first-order chi connectivity index (χ1) is 10.4. The van der Waals surface area contributed by atoms with Crippen molar-refractivity contribution in [1.82, 2.24) is 15.2 Å². The van der Waals surface area contributed by atoms with Crippen molar-refractivity contribution >= 4 is 27.1 Å². The van der Waals surface area contributed by atoms with E-state index in [4.69, 9.17) is 0 Å². The monoisotopic (exact) mass is 344 g/mol. The highest BCUT2D eigenvalue weighted by molar-refractivity contribution is 7.92. The second-order valence-corrected chi connectivity index (χ2v) is 9.63. The maximum atomic E-state index is 12.1. The molecule has 0 atom stereocenters. The first kappa shape index (κ1) is 17.2. The molecule has 0 saturated carbocycles. The normalized spacial score (nSPS) is 20.9. The summed E-state index contributed by atoms with van der Waals surface area (Å²) in [5.41, 5.74) is 0. The van der Waals surface area contributed by atoms with Crippen molar-refractivity contribution < 1.29 is 8.42 Å². The maximum Gasteiger partial charge on any atom is 0.194 e. The lowest BCUT2D eigenvalue weighted by molar-refractivity contribution is 0.353. The van der Waals surface area contributed by atoms with E-state index in [1.807, 2.05) is 17.2 Å². The van der Waals surface area contributed by atoms with Crippen molar-refractivity contribution in [3.63, 3.8) is 0 Å². The number of aliphatic imine (C=N–C) groups is 1. The van der Waals surface area contributed by atoms with Crippen LogP contribution in [0.1, 0.15) is 25.8 Å². The Bertz CT molecular complexity index is 609. The lowest BCUT2D eigenvalue weighted by Gasteiger charge is -2.39. The van der Waals surface area contributed by atoms with Crippen molar-refractivity contribution in [2.75, 3.05) is 31.9 Å². The molecule has 0 bridgehead atoms. The number of nitrogens with zero attached hydrogens (tertiary/aromatic N) is 3. The van der Waals surface area contributed by atoms with Gasteiger partial charge in [0.25, 0.3) is 0 Å². The highest BCUT2D eigenvalue weighted by atomic mass is 32.2. The predicted molar refractivity (Wildman–Crippen MR) is 91.2 cm³/mol. The summed E-state index contributed by atoms with van der Waals surface area (Å²) in [5, 5.41) is 6.29. The fourth-order valence-corrected chi connectivity index (χ4v) is 4.36. The Morgan fingerprint density at radius 2 is 2.32 bits per heavy atom. The van der Waals surface area contributed by atoms with Crippen LogP contribution < -0.4 is 5.32 Å². The standard InChI is InChI=1S/C14H24N4O2S2/c1-4-15-13(17-6-5-12-16-7-9-21-12)18-8-10-22(19,20)14(2,3)11-18/h7,9H,4-6,8,10-11H2,1-3H3,(H,15,17). The minimum Gasteiger partial charge on any atom is -0.357 e. The molecular formula is C14H24N4O2S2. The second kappa shape index (κ2) is 6.95. The van der Waals surface area contributed by atoms with Gasteiger partial charge in [0, 0.05) is 44.2 Å². The molecule has 124 valence electrons. The van der Waals surface area contributed by atoms with Crippen molar-refractivity contribution in [3.8, 4) is 0 Å². The van der Waals surface area contributed by atoms with Crippen LogP contribution in [0.2, 0.25) is 0 Å². The van der Waals surface area contributed by atoms with E-state index in [0.29, 0.717) is 19.6 Å². The van der Waals surface area contributed by atoms with E-state index < -0.39 is 14.6 Å². The minimum absolute atomic E-state index is 0.177. The first-order valence-corrected chi connectivity index (χ1v) is 10.0. The molecule has 0 radical (unpaired) electrons. The quantitative estimate of drug-likeness (QED) is 0.655. The van der Waals surface area contributed by atoms with Crippen LogP contribution in [0.3, 0.4) is 0 Å². The van der Waals surface area contributed by atoms with E-state index >= 15 is 0 Å². The molecule has 1 N–H and O–H groups in total. The van der Waals surface area contributed by atoms with E-state index in [1.54, 1.807) is 31.4 Å². The number of hydrogen-bond acceptors (Lipinski definition) is 5. The molecule has 0 aliphatic carbocycles. The molecule has 1 aromatic rings. The molecule has 1 fully saturated rings. The number of hydrogen-bond donors (Lipinski definition) is 1. The van der Waals surface area contributed by atoms with Crippen molar-refractivity contribution in [2.45, 2.75) is 31.9 Å². The average molecular weight is 345 g/mol. The number of nitrogens with one attached hydrogen (secondary N) is 1. The molecule has 0 aromatic carbocycles. The molecule has 1 aromatic heterocycles. The summed E-state index contributed by atoms with van der Waals surface area (Å²) >= 11 is 1.63. The third-order valence-electron chi connectivity index (χ3n) is 3.75. The number of sulfone groups is 1. The lowest BCUT2D eigenvalue weighted by atomic mass is 10.2. The Morgan fingerprint density at radius 1 is 1.55 bits per heavy atom. The molecule has 0 amide bonds. The number of thiazole rings is 1. The average Bonchev–Trinajstić information content (AvgIpc) is 2.94. The second-order valence-electron chi connectivity index (χ2n) is 5.91. The van der Waals surface area contributed by atoms with Crippen LogP contribution in [-0.4, -0.2) is 60.9 Å². The molecule has 2 heterocycles. The van der Waals surface area contributed by atoms with Gasteiger partial charge in [-0.2, -0.15) is 0 Å². The van der Waals surface area contributed by atoms with E-state index in [1.165, 1.54) is 0 Å². The number of rotatable bonds is 4. The molecule has 8 heteroatoms. The molecule has 0 unspecified atom stereocenters. The van der Waals surface area contributed by atoms with Crippen LogP contribution in [0.4, 0.5) is 0 Å². The fraction of sp³-hybridized carbons (Fsp3) is 0.714. The molecule has 6 nitrogen and oxygen atoms in total. The van der Waals surface area contributed by atoms with E-state index in [-0.39, 0.29) is 5.75 Å². The van der Waals surface area contributed by atoms with Gasteiger partial charge in [-0.3, -0.25) is 4.99 Å². The van der Waals surface area contributed by atoms with Crippen LogP contribution in [0, 0.1) is 0 Å². The van der Waals surface area contributed by atoms with Gasteiger partial charge in [-0.15, -0.1) is 11.3 Å². The summed E-state index contributed by atoms with van der Waals surface area (Å²) in [5.74, 6) is 0.971. The molecule has 0 spiro atoms. The Morgan fingerprint density at radius 3 is 2.91 bits per heavy atom. The molecule has 1 aliphatic heterocycles. The largest absolute Gasteiger partial charge is 0.357 e. The molecule has 22 heavy (non-hydrogen) atoms. The van der Waals surface area contributed by atoms with Gasteiger partial charge in [-0.1, -0.05) is 0 Å². The van der Waals surface area contributed by atoms with Crippen LogP contribution >= 0.6 is 11.3 Å². The van der Waals surface area contributed by atoms with Crippen LogP contribution in [-0.2, 0) is 16.3 Å². The van der Waals surface area contributed by atoms with Gasteiger partial charge in [0.1, 0.15) is 0 Å². The fourth-order valence-electron chi connectivity index (χ4n) is 2.38. The zero-order chi connectivity index (χ0) is 16.2. The summed E-state index contributed by atoms with van der Waals surface area (Å²) in [6.45, 7) is 7.97. The third-order valence-corrected chi connectivity index (χ3v) is 7.12. The summed E-state index contributed by atoms with van der Waals surface area (Å²) in [4.78, 5) is 10.9. The van der Waals surface area contributed by atoms with Gasteiger partial charge in [-0.25, -0.2) is 13.4 Å². The highest BCUT2D eigenvalue weighted by Crippen LogP contribution is 2.23. The van der Waals surface area contributed by atoms with Gasteiger partial charge in [0.05, 0.1) is 15.5 Å². The number of guanidine groups is 1. The zero-order valence-corrected chi connectivity index (χ0v) is 15.0. The Labute approximate surface area is 136 Å². The maximum absolute atomic E-state index is 12.1. The smallest absolute Gasteiger partial charge is 0.194 e. The van der Waals surface area contributed by atoms with Gasteiger partial charge < -0.3 is 10.2 Å². The van der Waals surface area contributed by atoms with Gasteiger partial charge in [0.15, 0.2) is 15.8 Å². The van der Waals surface area contributed by atoms with Crippen molar-refractivity contribution in [1.29, 1.82) is 0 Å². The minimum atomic E-state index is -3.03. The summed E-state index contributed by atoms with van der Waals surface area (Å²) in [7, 11) is -3.03. The van der Waals surface area contributed by atoms with E-state index in [0.717, 1.165) is 23.9 Å². The third kappa shape index (κ3) is 3.98. The van der Waals surface area contributed by atoms with Crippen molar-refractivity contribution in [3.05, 3.63) is 16.6 Å². The molecule has 2 rings (SSSR count). The van der Waals surface area contributed by atoms with E-state index in [9.17, 15) is 8.42 Å². The topological polar surface area (TPSA) is 74.7 Å². The Kier molecular flexibility index (Phi) is 5.44. The van der Waals surface area contributed by atoms with Crippen LogP contribution in [0.5, 0.6) is 0 Å². The Balaban J connectivity index is 2.04. The Hall–Kier alpha value is -1.15. The summed E-state index contributed by atoms with van der Waals surface area (Å²) in [6, 6.07) is 0. The van der Waals surface area contributed by atoms with Crippen LogP contribution in [0.15, 0.2) is 16.6 Å². The van der Waals surface area contributed by atoms with Crippen molar-refractivity contribution in [2.24, 2.45) is 4.99 Å². The van der Waals surface area contributed by atoms with Gasteiger partial charge >= 0.3 is 0 Å². The highest BCUT2D eigenvalue weighted by Gasteiger charge is 2.40. The van der Waals surface area contributed by atoms with Gasteiger partial charge in [0.2, 0.25) is 0 Å². The number of aromatic nitrogens is 1. The predicted octanol–water partition coefficient (Wildman–Crippen LogP) is 1.16. The van der Waals surface area contributed by atoms with Gasteiger partial charge in [-0.05, 0) is 20.8 Å².